The molecule has 5 amide bonds. The van der Waals surface area contributed by atoms with Crippen molar-refractivity contribution in [1.29, 1.82) is 0 Å². The predicted molar refractivity (Wildman–Crippen MR) is 256 cm³/mol. The number of methoxy groups -OCH3 is 4. The number of carbonyl (C=O) groups excluding carboxylic acids is 5. The molecule has 1 saturated heterocycles. The van der Waals surface area contributed by atoms with Gasteiger partial charge in [0.1, 0.15) is 29.9 Å². The van der Waals surface area contributed by atoms with Gasteiger partial charge in [-0.25, -0.2) is 15.1 Å². The number of ether oxygens (including phenoxy) is 4. The molecule has 67 heavy (non-hydrogen) atoms. The minimum Gasteiger partial charge on any atom is -0.495 e. The van der Waals surface area contributed by atoms with Gasteiger partial charge in [0.25, 0.3) is 5.96 Å². The van der Waals surface area contributed by atoms with Crippen LogP contribution in [0.5, 0.6) is 23.0 Å². The number of hydrogen-bond acceptors (Lipinski definition) is 15. The van der Waals surface area contributed by atoms with E-state index in [1.807, 2.05) is 0 Å². The van der Waals surface area contributed by atoms with E-state index in [1.165, 1.54) is 40.3 Å². The maximum atomic E-state index is 14.1. The van der Waals surface area contributed by atoms with Gasteiger partial charge >= 0.3 is 0 Å². The standard InChI is InChI=1S/C42H63N11O12.2ClH/c1-24(43)37(55)46-18-8-7-11-29(49-40(58)35(44)25(2)54)41(59)52-20-10-13-31(52)39(57)48-28(12-9-19-47-42(45)51-53(60)61)38(56)50-30-21-26(16-17-32(30)62-3)14-15-27-22-33(63-4)36(65-6)34(23-27)64-5;;/h14-17,21-25,28-29,31,35,54H,7-13,18-20,43-44H2,1-6H3,(H,46,55)(H,48,57)(H,49,58)(H,50,56)(H3,45,47,51);2*1H/b15-14-;;/t24-,25+,28-,29-,31-,35-;;/m0../s1. The van der Waals surface area contributed by atoms with E-state index in [9.17, 15) is 39.2 Å². The second kappa shape index (κ2) is 29.5. The van der Waals surface area contributed by atoms with Crippen LogP contribution in [0, 0.1) is 10.1 Å². The van der Waals surface area contributed by atoms with Crippen molar-refractivity contribution >= 4 is 78.1 Å². The molecule has 23 nitrogen and oxygen atoms in total. The van der Waals surface area contributed by atoms with Gasteiger partial charge < -0.3 is 67.4 Å². The largest absolute Gasteiger partial charge is 0.495 e. The summed E-state index contributed by atoms with van der Waals surface area (Å²) in [5.74, 6) is -1.78. The number of hydrazine groups is 1. The third-order valence-corrected chi connectivity index (χ3v) is 10.3. The minimum absolute atomic E-state index is 0. The summed E-state index contributed by atoms with van der Waals surface area (Å²) in [6, 6.07) is 3.19. The highest BCUT2D eigenvalue weighted by Gasteiger charge is 2.39. The van der Waals surface area contributed by atoms with Crippen LogP contribution in [-0.4, -0.2) is 135 Å². The zero-order valence-electron chi connectivity index (χ0n) is 38.4. The molecule has 374 valence electrons. The molecule has 6 atom stereocenters. The topological polar surface area (TPSA) is 339 Å². The number of hydrogen-bond donors (Lipinski definition) is 9. The SMILES string of the molecule is COc1ccc(/C=C\c2cc(OC)c(OC)c(OC)c2)cc1NC(=O)[C@H](CCCN=C(N)N[N+](=O)[O-])NC(=O)[C@@H]1CCCN1C(=O)[C@H](CCCCNC(=O)[C@H](C)N)NC(=O)[C@@H](N)[C@@H](C)O.Cl.Cl. The van der Waals surface area contributed by atoms with E-state index in [0.29, 0.717) is 47.8 Å². The van der Waals surface area contributed by atoms with Crippen LogP contribution in [0.2, 0.25) is 0 Å². The number of likely N-dealkylation sites (tertiary alicyclic amines) is 1. The van der Waals surface area contributed by atoms with Crippen molar-refractivity contribution in [3.8, 4) is 23.0 Å². The van der Waals surface area contributed by atoms with Crippen LogP contribution in [-0.2, 0) is 24.0 Å². The van der Waals surface area contributed by atoms with Crippen LogP contribution < -0.4 is 62.8 Å². The first-order valence-corrected chi connectivity index (χ1v) is 21.0. The molecule has 0 saturated carbocycles. The average Bonchev–Trinajstić information content (AvgIpc) is 3.77. The van der Waals surface area contributed by atoms with E-state index < -0.39 is 70.9 Å². The molecule has 1 heterocycles. The molecule has 1 fully saturated rings. The lowest BCUT2D eigenvalue weighted by Crippen LogP contribution is -2.58. The van der Waals surface area contributed by atoms with Gasteiger partial charge in [-0.15, -0.1) is 24.8 Å². The molecule has 0 radical (unpaired) electrons. The highest BCUT2D eigenvalue weighted by molar-refractivity contribution is 6.00. The Morgan fingerprint density at radius 1 is 0.866 bits per heavy atom. The zero-order chi connectivity index (χ0) is 48.2. The van der Waals surface area contributed by atoms with Crippen molar-refractivity contribution in [2.75, 3.05) is 53.4 Å². The molecule has 0 aromatic heterocycles. The fourth-order valence-electron chi connectivity index (χ4n) is 6.79. The van der Waals surface area contributed by atoms with Crippen molar-refractivity contribution in [2.24, 2.45) is 22.2 Å². The molecule has 0 unspecified atom stereocenters. The van der Waals surface area contributed by atoms with Gasteiger partial charge in [-0.1, -0.05) is 23.6 Å². The molecule has 0 bridgehead atoms. The van der Waals surface area contributed by atoms with Gasteiger partial charge in [-0.2, -0.15) is 0 Å². The average molecular weight is 987 g/mol. The fourth-order valence-corrected chi connectivity index (χ4v) is 6.79. The van der Waals surface area contributed by atoms with Crippen molar-refractivity contribution in [3.05, 3.63) is 51.6 Å². The van der Waals surface area contributed by atoms with E-state index in [1.54, 1.807) is 54.8 Å². The molecular formula is C42H65Cl2N11O12. The van der Waals surface area contributed by atoms with Crippen molar-refractivity contribution in [1.82, 2.24) is 26.3 Å². The van der Waals surface area contributed by atoms with Gasteiger partial charge in [-0.3, -0.25) is 24.0 Å². The van der Waals surface area contributed by atoms with Gasteiger partial charge in [0.2, 0.25) is 35.3 Å². The number of aliphatic hydroxyl groups excluding tert-OH is 1. The Morgan fingerprint density at radius 2 is 1.49 bits per heavy atom. The number of unbranched alkanes of at least 4 members (excludes halogenated alkanes) is 1. The monoisotopic (exact) mass is 985 g/mol. The number of aliphatic imine (C=N–C) groups is 1. The van der Waals surface area contributed by atoms with Crippen LogP contribution in [0.15, 0.2) is 35.3 Å². The number of aliphatic hydroxyl groups is 1. The van der Waals surface area contributed by atoms with Gasteiger partial charge in [0, 0.05) is 19.6 Å². The third kappa shape index (κ3) is 18.2. The molecular weight excluding hydrogens is 921 g/mol. The number of nitrogens with zero attached hydrogens (tertiary/aromatic N) is 3. The van der Waals surface area contributed by atoms with Crippen LogP contribution in [0.3, 0.4) is 0 Å². The summed E-state index contributed by atoms with van der Waals surface area (Å²) < 4.78 is 21.9. The molecule has 2 aromatic carbocycles. The van der Waals surface area contributed by atoms with Crippen LogP contribution >= 0.6 is 24.8 Å². The Labute approximate surface area is 401 Å². The molecule has 3 rings (SSSR count). The van der Waals surface area contributed by atoms with Crippen molar-refractivity contribution in [2.45, 2.75) is 95.1 Å². The molecule has 25 heteroatoms. The van der Waals surface area contributed by atoms with Gasteiger partial charge in [0.15, 0.2) is 16.5 Å². The quantitative estimate of drug-likeness (QED) is 0.0166. The predicted octanol–water partition coefficient (Wildman–Crippen LogP) is 0.852. The first-order valence-electron chi connectivity index (χ1n) is 21.0. The van der Waals surface area contributed by atoms with E-state index in [4.69, 9.17) is 36.1 Å². The summed E-state index contributed by atoms with van der Waals surface area (Å²) in [6.45, 7) is 3.27. The number of amides is 5. The van der Waals surface area contributed by atoms with Gasteiger partial charge in [0.05, 0.1) is 46.3 Å². The van der Waals surface area contributed by atoms with Crippen LogP contribution in [0.25, 0.3) is 12.2 Å². The van der Waals surface area contributed by atoms with Gasteiger partial charge in [-0.05, 0) is 94.2 Å². The normalized spacial score (nSPS) is 15.6. The molecule has 0 aliphatic carbocycles. The molecule has 1 aliphatic heterocycles. The van der Waals surface area contributed by atoms with E-state index in [2.05, 4.69) is 26.3 Å². The summed E-state index contributed by atoms with van der Waals surface area (Å²) in [5, 5.41) is 30.8. The highest BCUT2D eigenvalue weighted by Crippen LogP contribution is 2.39. The number of nitro groups is 1. The Bertz CT molecular complexity index is 2020. The summed E-state index contributed by atoms with van der Waals surface area (Å²) in [7, 11) is 5.95. The number of nitrogens with two attached hydrogens (primary N) is 3. The number of anilines is 1. The van der Waals surface area contributed by atoms with E-state index in [0.717, 1.165) is 5.56 Å². The smallest absolute Gasteiger partial charge is 0.251 e. The Balaban J connectivity index is 0.0000112. The first kappa shape index (κ1) is 58.9. The van der Waals surface area contributed by atoms with Crippen LogP contribution in [0.4, 0.5) is 5.69 Å². The lowest BCUT2D eigenvalue weighted by molar-refractivity contribution is -0.525. The van der Waals surface area contributed by atoms with E-state index >= 15 is 0 Å². The van der Waals surface area contributed by atoms with Crippen molar-refractivity contribution in [3.63, 3.8) is 0 Å². The highest BCUT2D eigenvalue weighted by atomic mass is 35.5. The Kier molecular flexibility index (Phi) is 25.9. The lowest BCUT2D eigenvalue weighted by atomic mass is 10.0. The third-order valence-electron chi connectivity index (χ3n) is 10.3. The first-order chi connectivity index (χ1) is 30.9. The molecule has 1 aliphatic rings. The summed E-state index contributed by atoms with van der Waals surface area (Å²) in [6.07, 6.45) is 4.12. The second-order valence-corrected chi connectivity index (χ2v) is 15.2. The second-order valence-electron chi connectivity index (χ2n) is 15.2. The lowest BCUT2D eigenvalue weighted by Gasteiger charge is -2.30. The molecule has 0 spiro atoms. The maximum Gasteiger partial charge on any atom is 0.251 e. The number of guanidine groups is 1. The number of carbonyl (C=O) groups is 5. The summed E-state index contributed by atoms with van der Waals surface area (Å²) >= 11 is 0. The Morgan fingerprint density at radius 3 is 2.07 bits per heavy atom. The number of benzene rings is 2. The number of nitrogens with one attached hydrogen (secondary N) is 5. The maximum absolute atomic E-state index is 14.1. The number of halogens is 2. The summed E-state index contributed by atoms with van der Waals surface area (Å²) in [4.78, 5) is 83.3. The van der Waals surface area contributed by atoms with Crippen LogP contribution in [0.1, 0.15) is 69.9 Å². The fraction of sp³-hybridized carbons (Fsp3) is 0.524. The zero-order valence-corrected chi connectivity index (χ0v) is 40.0. The molecule has 2 aromatic rings. The molecule has 12 N–H and O–H groups in total. The van der Waals surface area contributed by atoms with E-state index in [-0.39, 0.29) is 81.7 Å². The minimum atomic E-state index is -1.33. The summed E-state index contributed by atoms with van der Waals surface area (Å²) in [5.41, 5.74) is 20.4. The van der Waals surface area contributed by atoms with Crippen molar-refractivity contribution < 1.29 is 53.1 Å². The number of rotatable bonds is 25. The Hall–Kier alpha value is -6.14.